The van der Waals surface area contributed by atoms with Gasteiger partial charge in [-0.1, -0.05) is 19.8 Å². The monoisotopic (exact) mass is 211 g/mol. The first-order valence-electron chi connectivity index (χ1n) is 5.19. The van der Waals surface area contributed by atoms with Crippen LogP contribution in [0, 0.1) is 6.92 Å². The molecule has 0 radical (unpaired) electrons. The lowest BCUT2D eigenvalue weighted by Gasteiger charge is -2.03. The van der Waals surface area contributed by atoms with Crippen LogP contribution >= 0.6 is 0 Å². The highest BCUT2D eigenvalue weighted by Crippen LogP contribution is 2.15. The van der Waals surface area contributed by atoms with Gasteiger partial charge in [0.1, 0.15) is 5.56 Å². The number of rotatable bonds is 6. The summed E-state index contributed by atoms with van der Waals surface area (Å²) in [5, 5.41) is 18.5. The van der Waals surface area contributed by atoms with Crippen molar-refractivity contribution in [3.05, 3.63) is 11.3 Å². The minimum absolute atomic E-state index is 0.242. The highest BCUT2D eigenvalue weighted by atomic mass is 16.4. The number of carboxylic acid groups (broad SMARTS) is 1. The molecule has 0 unspecified atom stereocenters. The molecule has 0 bridgehead atoms. The lowest BCUT2D eigenvalue weighted by Crippen LogP contribution is -2.07. The normalized spacial score (nSPS) is 10.3. The van der Waals surface area contributed by atoms with E-state index in [0.717, 1.165) is 25.8 Å². The molecule has 0 aliphatic rings. The van der Waals surface area contributed by atoms with Gasteiger partial charge in [-0.25, -0.2) is 4.79 Å². The van der Waals surface area contributed by atoms with Crippen molar-refractivity contribution in [1.82, 2.24) is 10.2 Å². The number of aromatic amines is 1. The molecule has 5 heteroatoms. The maximum Gasteiger partial charge on any atom is 0.341 e. The lowest BCUT2D eigenvalue weighted by atomic mass is 10.2. The van der Waals surface area contributed by atoms with Gasteiger partial charge in [0, 0.05) is 12.2 Å². The summed E-state index contributed by atoms with van der Waals surface area (Å²) in [6.07, 6.45) is 3.31. The molecule has 0 aliphatic heterocycles. The van der Waals surface area contributed by atoms with Gasteiger partial charge in [-0.15, -0.1) is 0 Å². The second-order valence-electron chi connectivity index (χ2n) is 3.51. The first kappa shape index (κ1) is 11.6. The highest BCUT2D eigenvalue weighted by Gasteiger charge is 2.16. The molecule has 84 valence electrons. The zero-order valence-corrected chi connectivity index (χ0v) is 9.13. The topological polar surface area (TPSA) is 78.0 Å². The Kier molecular flexibility index (Phi) is 4.15. The van der Waals surface area contributed by atoms with E-state index in [4.69, 9.17) is 5.11 Å². The number of nitrogens with one attached hydrogen (secondary N) is 2. The second kappa shape index (κ2) is 5.38. The zero-order valence-electron chi connectivity index (χ0n) is 9.13. The summed E-state index contributed by atoms with van der Waals surface area (Å²) in [6, 6.07) is 0. The number of carbonyl (C=O) groups is 1. The summed E-state index contributed by atoms with van der Waals surface area (Å²) in [5.74, 6) is -0.504. The average Bonchev–Trinajstić information content (AvgIpc) is 2.54. The van der Waals surface area contributed by atoms with E-state index in [1.54, 1.807) is 6.92 Å². The minimum atomic E-state index is -0.945. The first-order chi connectivity index (χ1) is 7.16. The third-order valence-electron chi connectivity index (χ3n) is 2.23. The number of nitrogens with zero attached hydrogens (tertiary/aromatic N) is 1. The van der Waals surface area contributed by atoms with Gasteiger partial charge in [0.25, 0.3) is 0 Å². The van der Waals surface area contributed by atoms with Crippen LogP contribution in [-0.4, -0.2) is 27.8 Å². The SMILES string of the molecule is CCCCCNc1n[nH]c(C)c1C(=O)O. The zero-order chi connectivity index (χ0) is 11.3. The molecule has 0 fully saturated rings. The maximum absolute atomic E-state index is 10.9. The molecule has 0 atom stereocenters. The number of aryl methyl sites for hydroxylation is 1. The fourth-order valence-electron chi connectivity index (χ4n) is 1.40. The quantitative estimate of drug-likeness (QED) is 0.629. The van der Waals surface area contributed by atoms with Crippen LogP contribution in [0.25, 0.3) is 0 Å². The number of aromatic nitrogens is 2. The molecule has 0 amide bonds. The van der Waals surface area contributed by atoms with E-state index in [1.807, 2.05) is 0 Å². The van der Waals surface area contributed by atoms with Crippen LogP contribution in [0.4, 0.5) is 5.82 Å². The summed E-state index contributed by atoms with van der Waals surface area (Å²) in [4.78, 5) is 10.9. The van der Waals surface area contributed by atoms with Gasteiger partial charge in [0.15, 0.2) is 5.82 Å². The lowest BCUT2D eigenvalue weighted by molar-refractivity contribution is 0.0697. The van der Waals surface area contributed by atoms with Crippen LogP contribution < -0.4 is 5.32 Å². The van der Waals surface area contributed by atoms with E-state index in [0.29, 0.717) is 11.5 Å². The van der Waals surface area contributed by atoms with Crippen molar-refractivity contribution in [2.75, 3.05) is 11.9 Å². The van der Waals surface area contributed by atoms with Crippen LogP contribution in [0.5, 0.6) is 0 Å². The Balaban J connectivity index is 2.57. The standard InChI is InChI=1S/C10H17N3O2/c1-3-4-5-6-11-9-8(10(14)15)7(2)12-13-9/h3-6H2,1-2H3,(H,14,15)(H2,11,12,13). The Morgan fingerprint density at radius 2 is 2.27 bits per heavy atom. The minimum Gasteiger partial charge on any atom is -0.477 e. The molecule has 5 nitrogen and oxygen atoms in total. The average molecular weight is 211 g/mol. The van der Waals surface area contributed by atoms with Crippen molar-refractivity contribution in [3.8, 4) is 0 Å². The molecule has 0 saturated heterocycles. The van der Waals surface area contributed by atoms with E-state index in [1.165, 1.54) is 0 Å². The van der Waals surface area contributed by atoms with E-state index in [2.05, 4.69) is 22.4 Å². The number of H-pyrrole nitrogens is 1. The van der Waals surface area contributed by atoms with E-state index in [9.17, 15) is 4.79 Å². The number of carboxylic acids is 1. The van der Waals surface area contributed by atoms with Crippen LogP contribution in [-0.2, 0) is 0 Å². The van der Waals surface area contributed by atoms with Crippen molar-refractivity contribution in [2.24, 2.45) is 0 Å². The summed E-state index contributed by atoms with van der Waals surface area (Å²) in [7, 11) is 0. The fourth-order valence-corrected chi connectivity index (χ4v) is 1.40. The number of hydrogen-bond donors (Lipinski definition) is 3. The molecule has 0 aliphatic carbocycles. The molecule has 1 heterocycles. The maximum atomic E-state index is 10.9. The van der Waals surface area contributed by atoms with Gasteiger partial charge >= 0.3 is 5.97 Å². The van der Waals surface area contributed by atoms with Crippen molar-refractivity contribution in [2.45, 2.75) is 33.1 Å². The van der Waals surface area contributed by atoms with Gasteiger partial charge in [-0.3, -0.25) is 5.10 Å². The van der Waals surface area contributed by atoms with Gasteiger partial charge in [-0.2, -0.15) is 5.10 Å². The van der Waals surface area contributed by atoms with Crippen LogP contribution in [0.1, 0.15) is 42.2 Å². The predicted octanol–water partition coefficient (Wildman–Crippen LogP) is 2.02. The number of aromatic carboxylic acids is 1. The summed E-state index contributed by atoms with van der Waals surface area (Å²) >= 11 is 0. The van der Waals surface area contributed by atoms with Crippen LogP contribution in [0.3, 0.4) is 0 Å². The third-order valence-corrected chi connectivity index (χ3v) is 2.23. The molecule has 0 spiro atoms. The van der Waals surface area contributed by atoms with Crippen LogP contribution in [0.15, 0.2) is 0 Å². The number of hydrogen-bond acceptors (Lipinski definition) is 3. The molecule has 1 aromatic heterocycles. The molecular weight excluding hydrogens is 194 g/mol. The Morgan fingerprint density at radius 3 is 2.87 bits per heavy atom. The van der Waals surface area contributed by atoms with Gasteiger partial charge in [-0.05, 0) is 13.3 Å². The Labute approximate surface area is 88.9 Å². The van der Waals surface area contributed by atoms with Crippen molar-refractivity contribution >= 4 is 11.8 Å². The summed E-state index contributed by atoms with van der Waals surface area (Å²) < 4.78 is 0. The highest BCUT2D eigenvalue weighted by molar-refractivity contribution is 5.94. The first-order valence-corrected chi connectivity index (χ1v) is 5.19. The number of unbranched alkanes of at least 4 members (excludes halogenated alkanes) is 2. The van der Waals surface area contributed by atoms with Crippen LogP contribution in [0.2, 0.25) is 0 Å². The third kappa shape index (κ3) is 2.97. The molecule has 0 aromatic carbocycles. The summed E-state index contributed by atoms with van der Waals surface area (Å²) in [5.41, 5.74) is 0.826. The Bertz CT molecular complexity index is 333. The molecular formula is C10H17N3O2. The Morgan fingerprint density at radius 1 is 1.53 bits per heavy atom. The second-order valence-corrected chi connectivity index (χ2v) is 3.51. The Hall–Kier alpha value is -1.52. The van der Waals surface area contributed by atoms with E-state index in [-0.39, 0.29) is 5.56 Å². The molecule has 1 rings (SSSR count). The van der Waals surface area contributed by atoms with Crippen molar-refractivity contribution < 1.29 is 9.90 Å². The fraction of sp³-hybridized carbons (Fsp3) is 0.600. The largest absolute Gasteiger partial charge is 0.477 e. The molecule has 1 aromatic rings. The van der Waals surface area contributed by atoms with Gasteiger partial charge in [0.05, 0.1) is 0 Å². The van der Waals surface area contributed by atoms with Crippen molar-refractivity contribution in [1.29, 1.82) is 0 Å². The predicted molar refractivity (Wildman–Crippen MR) is 58.3 cm³/mol. The molecule has 0 saturated carbocycles. The molecule has 15 heavy (non-hydrogen) atoms. The van der Waals surface area contributed by atoms with Gasteiger partial charge in [0.2, 0.25) is 0 Å². The van der Waals surface area contributed by atoms with E-state index < -0.39 is 5.97 Å². The smallest absolute Gasteiger partial charge is 0.341 e. The molecule has 3 N–H and O–H groups in total. The van der Waals surface area contributed by atoms with E-state index >= 15 is 0 Å². The van der Waals surface area contributed by atoms with Gasteiger partial charge < -0.3 is 10.4 Å². The summed E-state index contributed by atoms with van der Waals surface area (Å²) in [6.45, 7) is 4.59. The van der Waals surface area contributed by atoms with Crippen molar-refractivity contribution in [3.63, 3.8) is 0 Å². The number of anilines is 1.